The van der Waals surface area contributed by atoms with Gasteiger partial charge >= 0.3 is 0 Å². The number of morpholine rings is 1. The molecular weight excluding hydrogens is 286 g/mol. The molecule has 2 aromatic rings. The van der Waals surface area contributed by atoms with E-state index in [9.17, 15) is 0 Å². The Morgan fingerprint density at radius 1 is 1.57 bits per heavy atom. The number of hydrogen-bond acceptors (Lipinski definition) is 6. The fraction of sp³-hybridized carbons (Fsp3) is 0.533. The summed E-state index contributed by atoms with van der Waals surface area (Å²) >= 11 is 1.64. The number of aromatic nitrogens is 1. The maximum absolute atomic E-state index is 5.94. The summed E-state index contributed by atoms with van der Waals surface area (Å²) in [5, 5.41) is 2.03. The first-order valence-corrected chi connectivity index (χ1v) is 8.11. The smallest absolute Gasteiger partial charge is 0.236 e. The predicted molar refractivity (Wildman–Crippen MR) is 83.2 cm³/mol. The molecule has 2 atom stereocenters. The van der Waals surface area contributed by atoms with Crippen LogP contribution in [-0.4, -0.2) is 41.7 Å². The Morgan fingerprint density at radius 2 is 2.43 bits per heavy atom. The molecule has 1 saturated heterocycles. The van der Waals surface area contributed by atoms with Gasteiger partial charge in [0.15, 0.2) is 0 Å². The minimum Gasteiger partial charge on any atom is -0.440 e. The van der Waals surface area contributed by atoms with E-state index in [4.69, 9.17) is 14.9 Å². The maximum Gasteiger partial charge on any atom is 0.236 e. The fourth-order valence-corrected chi connectivity index (χ4v) is 3.13. The first kappa shape index (κ1) is 14.7. The van der Waals surface area contributed by atoms with E-state index < -0.39 is 0 Å². The van der Waals surface area contributed by atoms with E-state index in [0.29, 0.717) is 0 Å². The van der Waals surface area contributed by atoms with Crippen molar-refractivity contribution in [3.8, 4) is 10.8 Å². The standard InChI is InChI=1S/C15H21N3O2S/c1-10(16)13-9-18(5-6-19-13)8-12-11(2)20-15(17-12)14-4-3-7-21-14/h3-4,7,10,13H,5-6,8-9,16H2,1-2H3. The van der Waals surface area contributed by atoms with Crippen molar-refractivity contribution in [2.75, 3.05) is 19.7 Å². The van der Waals surface area contributed by atoms with Crippen molar-refractivity contribution in [3.63, 3.8) is 0 Å². The highest BCUT2D eigenvalue weighted by molar-refractivity contribution is 7.13. The lowest BCUT2D eigenvalue weighted by atomic mass is 10.1. The molecule has 5 nitrogen and oxygen atoms in total. The van der Waals surface area contributed by atoms with Crippen LogP contribution in [-0.2, 0) is 11.3 Å². The van der Waals surface area contributed by atoms with Crippen LogP contribution in [0.15, 0.2) is 21.9 Å². The van der Waals surface area contributed by atoms with Crippen molar-refractivity contribution >= 4 is 11.3 Å². The normalized spacial score (nSPS) is 21.6. The molecule has 1 aliphatic heterocycles. The fourth-order valence-electron chi connectivity index (χ4n) is 2.49. The van der Waals surface area contributed by atoms with Gasteiger partial charge in [-0.1, -0.05) is 6.07 Å². The second-order valence-corrected chi connectivity index (χ2v) is 6.45. The van der Waals surface area contributed by atoms with E-state index in [0.717, 1.165) is 48.5 Å². The average Bonchev–Trinajstić information content (AvgIpc) is 3.10. The molecule has 0 aromatic carbocycles. The van der Waals surface area contributed by atoms with Gasteiger partial charge in [-0.2, -0.15) is 0 Å². The van der Waals surface area contributed by atoms with Crippen LogP contribution in [0.5, 0.6) is 0 Å². The summed E-state index contributed by atoms with van der Waals surface area (Å²) in [5.41, 5.74) is 6.94. The third-order valence-corrected chi connectivity index (χ3v) is 4.62. The van der Waals surface area contributed by atoms with E-state index in [-0.39, 0.29) is 12.1 Å². The third kappa shape index (κ3) is 3.35. The van der Waals surface area contributed by atoms with Crippen molar-refractivity contribution in [2.45, 2.75) is 32.5 Å². The van der Waals surface area contributed by atoms with Gasteiger partial charge in [-0.3, -0.25) is 4.90 Å². The lowest BCUT2D eigenvalue weighted by Gasteiger charge is -2.34. The SMILES string of the molecule is Cc1oc(-c2cccs2)nc1CN1CCOC(C(C)N)C1. The number of nitrogens with two attached hydrogens (primary N) is 1. The Bertz CT molecular complexity index is 580. The van der Waals surface area contributed by atoms with Crippen LogP contribution >= 0.6 is 11.3 Å². The van der Waals surface area contributed by atoms with Crippen LogP contribution in [0.25, 0.3) is 10.8 Å². The molecule has 0 saturated carbocycles. The minimum absolute atomic E-state index is 0.0490. The summed E-state index contributed by atoms with van der Waals surface area (Å²) in [4.78, 5) is 8.05. The lowest BCUT2D eigenvalue weighted by molar-refractivity contribution is -0.0407. The molecule has 2 N–H and O–H groups in total. The van der Waals surface area contributed by atoms with Gasteiger partial charge in [0.05, 0.1) is 23.3 Å². The van der Waals surface area contributed by atoms with Gasteiger partial charge in [-0.15, -0.1) is 11.3 Å². The summed E-state index contributed by atoms with van der Waals surface area (Å²) in [5.74, 6) is 1.61. The number of ether oxygens (including phenoxy) is 1. The summed E-state index contributed by atoms with van der Waals surface area (Å²) in [6.07, 6.45) is 0.0997. The molecule has 0 bridgehead atoms. The van der Waals surface area contributed by atoms with E-state index in [1.807, 2.05) is 31.4 Å². The lowest BCUT2D eigenvalue weighted by Crippen LogP contribution is -2.49. The molecular formula is C15H21N3O2S. The number of nitrogens with zero attached hydrogens (tertiary/aromatic N) is 2. The summed E-state index contributed by atoms with van der Waals surface area (Å²) < 4.78 is 11.5. The monoisotopic (exact) mass is 307 g/mol. The number of hydrogen-bond donors (Lipinski definition) is 1. The molecule has 6 heteroatoms. The molecule has 2 aromatic heterocycles. The number of aryl methyl sites for hydroxylation is 1. The van der Waals surface area contributed by atoms with E-state index >= 15 is 0 Å². The Hall–Kier alpha value is -1.21. The predicted octanol–water partition coefficient (Wildman–Crippen LogP) is 2.26. The van der Waals surface area contributed by atoms with Gasteiger partial charge < -0.3 is 14.9 Å². The molecule has 1 fully saturated rings. The molecule has 0 amide bonds. The quantitative estimate of drug-likeness (QED) is 0.938. The Morgan fingerprint density at radius 3 is 3.14 bits per heavy atom. The van der Waals surface area contributed by atoms with E-state index in [2.05, 4.69) is 9.88 Å². The first-order chi connectivity index (χ1) is 10.1. The second-order valence-electron chi connectivity index (χ2n) is 5.50. The molecule has 0 spiro atoms. The van der Waals surface area contributed by atoms with Crippen molar-refractivity contribution in [1.29, 1.82) is 0 Å². The molecule has 3 heterocycles. The minimum atomic E-state index is 0.0490. The molecule has 114 valence electrons. The zero-order valence-corrected chi connectivity index (χ0v) is 13.2. The van der Waals surface area contributed by atoms with Crippen LogP contribution in [0.3, 0.4) is 0 Å². The Balaban J connectivity index is 1.70. The molecule has 21 heavy (non-hydrogen) atoms. The van der Waals surface area contributed by atoms with Crippen molar-refractivity contribution in [3.05, 3.63) is 29.0 Å². The average molecular weight is 307 g/mol. The highest BCUT2D eigenvalue weighted by Crippen LogP contribution is 2.26. The van der Waals surface area contributed by atoms with Gasteiger partial charge in [0.1, 0.15) is 5.76 Å². The molecule has 2 unspecified atom stereocenters. The largest absolute Gasteiger partial charge is 0.440 e. The Kier molecular flexibility index (Phi) is 4.40. The van der Waals surface area contributed by atoms with Crippen LogP contribution in [0.2, 0.25) is 0 Å². The second kappa shape index (κ2) is 6.27. The summed E-state index contributed by atoms with van der Waals surface area (Å²) in [6.45, 7) is 7.23. The van der Waals surface area contributed by atoms with Gasteiger partial charge in [-0.05, 0) is 25.3 Å². The topological polar surface area (TPSA) is 64.5 Å². The number of rotatable bonds is 4. The molecule has 0 aliphatic carbocycles. The number of oxazole rings is 1. The van der Waals surface area contributed by atoms with Gasteiger partial charge in [0.25, 0.3) is 0 Å². The zero-order valence-electron chi connectivity index (χ0n) is 12.4. The van der Waals surface area contributed by atoms with Crippen LogP contribution in [0, 0.1) is 6.92 Å². The van der Waals surface area contributed by atoms with Crippen molar-refractivity contribution in [2.24, 2.45) is 5.73 Å². The highest BCUT2D eigenvalue weighted by Gasteiger charge is 2.25. The summed E-state index contributed by atoms with van der Waals surface area (Å²) in [6, 6.07) is 4.09. The highest BCUT2D eigenvalue weighted by atomic mass is 32.1. The van der Waals surface area contributed by atoms with Crippen LogP contribution in [0.1, 0.15) is 18.4 Å². The van der Waals surface area contributed by atoms with Crippen molar-refractivity contribution < 1.29 is 9.15 Å². The van der Waals surface area contributed by atoms with Crippen LogP contribution < -0.4 is 5.73 Å². The summed E-state index contributed by atoms with van der Waals surface area (Å²) in [7, 11) is 0. The maximum atomic E-state index is 5.94. The van der Waals surface area contributed by atoms with Crippen LogP contribution in [0.4, 0.5) is 0 Å². The van der Waals surface area contributed by atoms with Crippen molar-refractivity contribution in [1.82, 2.24) is 9.88 Å². The number of thiophene rings is 1. The van der Waals surface area contributed by atoms with E-state index in [1.54, 1.807) is 11.3 Å². The first-order valence-electron chi connectivity index (χ1n) is 7.23. The van der Waals surface area contributed by atoms with E-state index in [1.165, 1.54) is 0 Å². The van der Waals surface area contributed by atoms with Gasteiger partial charge in [0.2, 0.25) is 5.89 Å². The third-order valence-electron chi connectivity index (χ3n) is 3.76. The van der Waals surface area contributed by atoms with Gasteiger partial charge in [0, 0.05) is 25.7 Å². The molecule has 0 radical (unpaired) electrons. The molecule has 1 aliphatic rings. The molecule has 3 rings (SSSR count). The Labute approximate surface area is 128 Å². The van der Waals surface area contributed by atoms with Gasteiger partial charge in [-0.25, -0.2) is 4.98 Å². The zero-order chi connectivity index (χ0) is 14.8.